The molecule has 1 aromatic rings. The number of carbonyl (C=O) groups is 1. The average Bonchev–Trinajstić information content (AvgIpc) is 2.45. The van der Waals surface area contributed by atoms with Gasteiger partial charge in [0.1, 0.15) is 0 Å². The molecule has 2 amide bonds. The van der Waals surface area contributed by atoms with E-state index in [0.29, 0.717) is 0 Å². The zero-order valence-corrected chi connectivity index (χ0v) is 13.2. The van der Waals surface area contributed by atoms with Crippen LogP contribution in [-0.2, 0) is 0 Å². The lowest BCUT2D eigenvalue weighted by atomic mass is 9.53. The van der Waals surface area contributed by atoms with E-state index in [-0.39, 0.29) is 17.6 Å². The summed E-state index contributed by atoms with van der Waals surface area (Å²) < 4.78 is 0. The first-order chi connectivity index (χ1) is 10.6. The quantitative estimate of drug-likeness (QED) is 0.898. The van der Waals surface area contributed by atoms with Crippen LogP contribution in [0.5, 0.6) is 0 Å². The van der Waals surface area contributed by atoms with Gasteiger partial charge in [0.2, 0.25) is 0 Å². The molecule has 4 heteroatoms. The van der Waals surface area contributed by atoms with Gasteiger partial charge in [-0.3, -0.25) is 4.98 Å². The lowest BCUT2D eigenvalue weighted by Gasteiger charge is -2.56. The van der Waals surface area contributed by atoms with Crippen LogP contribution in [0.25, 0.3) is 0 Å². The topological polar surface area (TPSA) is 54.0 Å². The fourth-order valence-corrected chi connectivity index (χ4v) is 5.45. The average molecular weight is 299 g/mol. The van der Waals surface area contributed by atoms with E-state index in [1.54, 1.807) is 6.20 Å². The number of urea groups is 1. The van der Waals surface area contributed by atoms with Crippen LogP contribution in [-0.4, -0.2) is 16.6 Å². The van der Waals surface area contributed by atoms with Gasteiger partial charge in [-0.05, 0) is 74.8 Å². The third-order valence-electron chi connectivity index (χ3n) is 5.95. The highest BCUT2D eigenvalue weighted by Gasteiger charge is 2.51. The molecule has 4 nitrogen and oxygen atoms in total. The van der Waals surface area contributed by atoms with Crippen molar-refractivity contribution in [2.24, 2.45) is 17.8 Å². The summed E-state index contributed by atoms with van der Waals surface area (Å²) in [7, 11) is 0. The first-order valence-corrected chi connectivity index (χ1v) is 8.60. The van der Waals surface area contributed by atoms with E-state index in [0.717, 1.165) is 23.3 Å². The maximum atomic E-state index is 12.5. The zero-order chi connectivity index (χ0) is 15.2. The Kier molecular flexibility index (Phi) is 3.35. The molecule has 4 aliphatic carbocycles. The number of carbonyl (C=O) groups excluding carboxylic acids is 1. The lowest BCUT2D eigenvalue weighted by Crippen LogP contribution is -2.61. The molecule has 0 aliphatic heterocycles. The maximum Gasteiger partial charge on any atom is 0.315 e. The smallest absolute Gasteiger partial charge is 0.315 e. The Hall–Kier alpha value is -1.58. The second kappa shape index (κ2) is 5.25. The molecule has 4 saturated carbocycles. The summed E-state index contributed by atoms with van der Waals surface area (Å²) in [6.07, 6.45) is 11.3. The number of hydrogen-bond acceptors (Lipinski definition) is 2. The molecule has 5 rings (SSSR count). The molecule has 0 radical (unpaired) electrons. The third kappa shape index (κ3) is 2.59. The van der Waals surface area contributed by atoms with Crippen molar-refractivity contribution in [1.82, 2.24) is 15.6 Å². The van der Waals surface area contributed by atoms with Gasteiger partial charge in [-0.2, -0.15) is 0 Å². The molecule has 118 valence electrons. The summed E-state index contributed by atoms with van der Waals surface area (Å²) in [6, 6.07) is 3.88. The van der Waals surface area contributed by atoms with Crippen molar-refractivity contribution in [2.45, 2.75) is 57.0 Å². The highest BCUT2D eigenvalue weighted by molar-refractivity contribution is 5.75. The Morgan fingerprint density at radius 3 is 2.41 bits per heavy atom. The summed E-state index contributed by atoms with van der Waals surface area (Å²) >= 11 is 0. The Balaban J connectivity index is 1.40. The Labute approximate surface area is 132 Å². The van der Waals surface area contributed by atoms with Crippen LogP contribution >= 0.6 is 0 Å². The second-order valence-corrected chi connectivity index (χ2v) is 7.80. The van der Waals surface area contributed by atoms with Gasteiger partial charge in [0.15, 0.2) is 0 Å². The molecule has 0 unspecified atom stereocenters. The monoisotopic (exact) mass is 299 g/mol. The molecule has 4 bridgehead atoms. The predicted octanol–water partition coefficient (Wildman–Crippen LogP) is 3.41. The molecule has 4 fully saturated rings. The molecular formula is C18H25N3O. The van der Waals surface area contributed by atoms with Gasteiger partial charge >= 0.3 is 6.03 Å². The highest BCUT2D eigenvalue weighted by Crippen LogP contribution is 2.55. The molecule has 1 aromatic heterocycles. The summed E-state index contributed by atoms with van der Waals surface area (Å²) in [6.45, 7) is 2.01. The van der Waals surface area contributed by atoms with Crippen molar-refractivity contribution in [3.63, 3.8) is 0 Å². The van der Waals surface area contributed by atoms with Crippen molar-refractivity contribution >= 4 is 6.03 Å². The van der Waals surface area contributed by atoms with Gasteiger partial charge in [0.05, 0.1) is 6.04 Å². The molecule has 0 spiro atoms. The first kappa shape index (κ1) is 14.0. The van der Waals surface area contributed by atoms with Crippen LogP contribution in [0.1, 0.15) is 57.1 Å². The maximum absolute atomic E-state index is 12.5. The largest absolute Gasteiger partial charge is 0.333 e. The van der Waals surface area contributed by atoms with Crippen LogP contribution in [0.15, 0.2) is 24.5 Å². The van der Waals surface area contributed by atoms with Gasteiger partial charge < -0.3 is 10.6 Å². The van der Waals surface area contributed by atoms with Crippen LogP contribution in [0.2, 0.25) is 0 Å². The Morgan fingerprint density at radius 1 is 1.23 bits per heavy atom. The van der Waals surface area contributed by atoms with Crippen molar-refractivity contribution < 1.29 is 4.79 Å². The number of amides is 2. The van der Waals surface area contributed by atoms with Crippen LogP contribution in [0.3, 0.4) is 0 Å². The standard InChI is InChI=1S/C18H25N3O/c1-12(16-3-2-4-19-11-16)20-17(22)21-18-8-13-5-14(9-18)7-15(6-13)10-18/h2-4,11-15H,5-10H2,1H3,(H2,20,21,22)/t12-,13?,14?,15?,18?/m1/s1. The van der Waals surface area contributed by atoms with Crippen molar-refractivity contribution in [1.29, 1.82) is 0 Å². The zero-order valence-electron chi connectivity index (χ0n) is 13.2. The van der Waals surface area contributed by atoms with Gasteiger partial charge in [0, 0.05) is 17.9 Å². The van der Waals surface area contributed by atoms with E-state index >= 15 is 0 Å². The fourth-order valence-electron chi connectivity index (χ4n) is 5.45. The first-order valence-electron chi connectivity index (χ1n) is 8.60. The number of nitrogens with one attached hydrogen (secondary N) is 2. The third-order valence-corrected chi connectivity index (χ3v) is 5.95. The second-order valence-electron chi connectivity index (χ2n) is 7.80. The van der Waals surface area contributed by atoms with Crippen LogP contribution < -0.4 is 10.6 Å². The number of nitrogens with zero attached hydrogens (tertiary/aromatic N) is 1. The molecule has 22 heavy (non-hydrogen) atoms. The minimum Gasteiger partial charge on any atom is -0.333 e. The minimum absolute atomic E-state index is 0.0115. The highest BCUT2D eigenvalue weighted by atomic mass is 16.2. The molecule has 0 aromatic carbocycles. The lowest BCUT2D eigenvalue weighted by molar-refractivity contribution is -0.0136. The van der Waals surface area contributed by atoms with Gasteiger partial charge in [0.25, 0.3) is 0 Å². The molecule has 1 atom stereocenters. The minimum atomic E-state index is -0.0155. The van der Waals surface area contributed by atoms with E-state index in [1.807, 2.05) is 25.3 Å². The van der Waals surface area contributed by atoms with E-state index in [1.165, 1.54) is 38.5 Å². The van der Waals surface area contributed by atoms with Gasteiger partial charge in [-0.1, -0.05) is 6.07 Å². The summed E-state index contributed by atoms with van der Waals surface area (Å²) in [5.41, 5.74) is 1.12. The predicted molar refractivity (Wildman–Crippen MR) is 85.2 cm³/mol. The number of pyridine rings is 1. The van der Waals surface area contributed by atoms with E-state index in [9.17, 15) is 4.79 Å². The number of aromatic nitrogens is 1. The Bertz CT molecular complexity index is 521. The Morgan fingerprint density at radius 2 is 1.86 bits per heavy atom. The van der Waals surface area contributed by atoms with Crippen molar-refractivity contribution in [3.05, 3.63) is 30.1 Å². The van der Waals surface area contributed by atoms with Crippen molar-refractivity contribution in [2.75, 3.05) is 0 Å². The fraction of sp³-hybridized carbons (Fsp3) is 0.667. The molecule has 4 aliphatic rings. The normalized spacial score (nSPS) is 36.9. The van der Waals surface area contributed by atoms with Gasteiger partial charge in [-0.15, -0.1) is 0 Å². The molecule has 2 N–H and O–H groups in total. The van der Waals surface area contributed by atoms with Gasteiger partial charge in [-0.25, -0.2) is 4.79 Å². The van der Waals surface area contributed by atoms with E-state index in [2.05, 4.69) is 15.6 Å². The number of hydrogen-bond donors (Lipinski definition) is 2. The van der Waals surface area contributed by atoms with Crippen LogP contribution in [0.4, 0.5) is 4.79 Å². The molecular weight excluding hydrogens is 274 g/mol. The molecule has 0 saturated heterocycles. The number of rotatable bonds is 3. The summed E-state index contributed by atoms with van der Waals surface area (Å²) in [5.74, 6) is 2.55. The van der Waals surface area contributed by atoms with Crippen molar-refractivity contribution in [3.8, 4) is 0 Å². The van der Waals surface area contributed by atoms with Crippen LogP contribution in [0, 0.1) is 17.8 Å². The molecule has 1 heterocycles. The van der Waals surface area contributed by atoms with E-state index < -0.39 is 0 Å². The summed E-state index contributed by atoms with van der Waals surface area (Å²) in [4.78, 5) is 16.6. The van der Waals surface area contributed by atoms with E-state index in [4.69, 9.17) is 0 Å². The summed E-state index contributed by atoms with van der Waals surface area (Å²) in [5, 5.41) is 6.44. The SMILES string of the molecule is C[C@@H](NC(=O)NC12CC3CC(CC(C3)C1)C2)c1cccnc1.